The van der Waals surface area contributed by atoms with Crippen molar-refractivity contribution in [3.63, 3.8) is 0 Å². The Kier molecular flexibility index (Phi) is 4.97. The summed E-state index contributed by atoms with van der Waals surface area (Å²) in [5.41, 5.74) is 3.83. The van der Waals surface area contributed by atoms with Gasteiger partial charge in [0.2, 0.25) is 5.91 Å². The smallest absolute Gasteiger partial charge is 0.335 e. The van der Waals surface area contributed by atoms with E-state index in [9.17, 15) is 14.7 Å². The van der Waals surface area contributed by atoms with Crippen LogP contribution in [0.25, 0.3) is 0 Å². The number of carbonyl (C=O) groups is 2. The number of aromatic carboxylic acids is 1. The summed E-state index contributed by atoms with van der Waals surface area (Å²) in [6.07, 6.45) is 4.82. The fourth-order valence-electron chi connectivity index (χ4n) is 4.54. The maximum Gasteiger partial charge on any atom is 0.335 e. The number of carboxylic acid groups (broad SMARTS) is 1. The molecule has 1 fully saturated rings. The Morgan fingerprint density at radius 1 is 0.926 bits per heavy atom. The molecule has 0 saturated heterocycles. The van der Waals surface area contributed by atoms with Gasteiger partial charge in [-0.3, -0.25) is 4.79 Å². The molecule has 2 aromatic rings. The molecule has 4 rings (SSSR count). The van der Waals surface area contributed by atoms with Crippen LogP contribution in [0.4, 0.5) is 0 Å². The van der Waals surface area contributed by atoms with E-state index in [1.54, 1.807) is 12.1 Å². The normalized spacial score (nSPS) is 22.1. The van der Waals surface area contributed by atoms with Gasteiger partial charge < -0.3 is 10.0 Å². The second-order valence-corrected chi connectivity index (χ2v) is 7.76. The van der Waals surface area contributed by atoms with Crippen molar-refractivity contribution in [3.8, 4) is 0 Å². The van der Waals surface area contributed by atoms with Crippen molar-refractivity contribution in [2.24, 2.45) is 5.92 Å². The van der Waals surface area contributed by atoms with Gasteiger partial charge in [-0.25, -0.2) is 4.79 Å². The second kappa shape index (κ2) is 7.55. The molecule has 1 saturated carbocycles. The summed E-state index contributed by atoms with van der Waals surface area (Å²) in [5.74, 6) is -0.00185. The van der Waals surface area contributed by atoms with Crippen molar-refractivity contribution >= 4 is 11.9 Å². The minimum absolute atomic E-state index is 0.106. The molecule has 4 heteroatoms. The van der Waals surface area contributed by atoms with E-state index in [4.69, 9.17) is 0 Å². The Balaban J connectivity index is 1.39. The molecule has 4 nitrogen and oxygen atoms in total. The third-order valence-electron chi connectivity index (χ3n) is 6.12. The summed E-state index contributed by atoms with van der Waals surface area (Å²) >= 11 is 0. The van der Waals surface area contributed by atoms with Gasteiger partial charge in [0.15, 0.2) is 0 Å². The van der Waals surface area contributed by atoms with Gasteiger partial charge >= 0.3 is 5.97 Å². The first-order valence-electron chi connectivity index (χ1n) is 9.80. The molecule has 0 aromatic heterocycles. The first kappa shape index (κ1) is 17.8. The lowest BCUT2D eigenvalue weighted by Crippen LogP contribution is -2.40. The van der Waals surface area contributed by atoms with Gasteiger partial charge in [-0.05, 0) is 66.8 Å². The zero-order chi connectivity index (χ0) is 18.8. The largest absolute Gasteiger partial charge is 0.478 e. The minimum Gasteiger partial charge on any atom is -0.478 e. The molecule has 27 heavy (non-hydrogen) atoms. The molecule has 0 radical (unpaired) electrons. The summed E-state index contributed by atoms with van der Waals surface area (Å²) < 4.78 is 0. The third kappa shape index (κ3) is 3.75. The van der Waals surface area contributed by atoms with Crippen LogP contribution in [0.2, 0.25) is 0 Å². The van der Waals surface area contributed by atoms with E-state index in [0.717, 1.165) is 49.8 Å². The zero-order valence-electron chi connectivity index (χ0n) is 15.4. The van der Waals surface area contributed by atoms with Crippen LogP contribution in [-0.2, 0) is 17.8 Å². The van der Waals surface area contributed by atoms with Crippen LogP contribution in [0.5, 0.6) is 0 Å². The van der Waals surface area contributed by atoms with Crippen molar-refractivity contribution in [2.75, 3.05) is 6.54 Å². The maximum absolute atomic E-state index is 13.0. The monoisotopic (exact) mass is 363 g/mol. The Morgan fingerprint density at radius 3 is 2.37 bits per heavy atom. The molecule has 1 heterocycles. The highest BCUT2D eigenvalue weighted by Crippen LogP contribution is 2.37. The van der Waals surface area contributed by atoms with Gasteiger partial charge in [-0.2, -0.15) is 0 Å². The van der Waals surface area contributed by atoms with E-state index < -0.39 is 5.97 Å². The summed E-state index contributed by atoms with van der Waals surface area (Å²) in [7, 11) is 0. The van der Waals surface area contributed by atoms with Crippen molar-refractivity contribution in [1.29, 1.82) is 0 Å². The van der Waals surface area contributed by atoms with E-state index in [-0.39, 0.29) is 11.8 Å². The molecule has 1 aliphatic carbocycles. The number of carbonyl (C=O) groups excluding carboxylic acids is 1. The van der Waals surface area contributed by atoms with Crippen LogP contribution in [-0.4, -0.2) is 28.4 Å². The van der Waals surface area contributed by atoms with Gasteiger partial charge in [-0.1, -0.05) is 36.4 Å². The van der Waals surface area contributed by atoms with Crippen molar-refractivity contribution in [2.45, 2.75) is 44.6 Å². The fraction of sp³-hybridized carbons (Fsp3) is 0.391. The quantitative estimate of drug-likeness (QED) is 0.887. The molecule has 2 aliphatic rings. The number of hydrogen-bond acceptors (Lipinski definition) is 2. The zero-order valence-corrected chi connectivity index (χ0v) is 15.4. The predicted molar refractivity (Wildman–Crippen MR) is 104 cm³/mol. The molecule has 1 amide bonds. The molecule has 2 aromatic carbocycles. The summed E-state index contributed by atoms with van der Waals surface area (Å²) in [6.45, 7) is 1.27. The van der Waals surface area contributed by atoms with Gasteiger partial charge in [0, 0.05) is 19.0 Å². The minimum atomic E-state index is -0.916. The summed E-state index contributed by atoms with van der Waals surface area (Å²) in [5, 5.41) is 9.20. The Hall–Kier alpha value is -2.62. The average molecular weight is 363 g/mol. The molecule has 0 atom stereocenters. The second-order valence-electron chi connectivity index (χ2n) is 7.76. The molecule has 0 unspecified atom stereocenters. The van der Waals surface area contributed by atoms with E-state index in [1.165, 1.54) is 5.56 Å². The maximum atomic E-state index is 13.0. The Morgan fingerprint density at radius 2 is 1.67 bits per heavy atom. The van der Waals surface area contributed by atoms with Gasteiger partial charge in [-0.15, -0.1) is 0 Å². The molecular formula is C23H25NO3. The van der Waals surface area contributed by atoms with Crippen molar-refractivity contribution in [1.82, 2.24) is 4.90 Å². The topological polar surface area (TPSA) is 57.6 Å². The Bertz CT molecular complexity index is 838. The number of hydrogen-bond donors (Lipinski definition) is 1. The van der Waals surface area contributed by atoms with Crippen LogP contribution in [0.15, 0.2) is 48.5 Å². The first-order valence-corrected chi connectivity index (χ1v) is 9.80. The highest BCUT2D eigenvalue weighted by molar-refractivity contribution is 5.88. The average Bonchev–Trinajstić information content (AvgIpc) is 2.73. The molecule has 1 N–H and O–H groups in total. The number of benzene rings is 2. The third-order valence-corrected chi connectivity index (χ3v) is 6.12. The molecule has 0 spiro atoms. The molecule has 0 bridgehead atoms. The molecule has 1 aliphatic heterocycles. The van der Waals surface area contributed by atoms with Crippen LogP contribution in [0.3, 0.4) is 0 Å². The SMILES string of the molecule is O=C(O)c1ccc2c(c1)CN(C(=O)C1CCC(c3ccccc3)CC1)CC2. The molecular weight excluding hydrogens is 338 g/mol. The lowest BCUT2D eigenvalue weighted by atomic mass is 9.78. The van der Waals surface area contributed by atoms with Crippen molar-refractivity contribution < 1.29 is 14.7 Å². The summed E-state index contributed by atoms with van der Waals surface area (Å²) in [6, 6.07) is 15.9. The number of rotatable bonds is 3. The van der Waals surface area contributed by atoms with Gasteiger partial charge in [0.05, 0.1) is 5.56 Å². The lowest BCUT2D eigenvalue weighted by molar-refractivity contribution is -0.137. The van der Waals surface area contributed by atoms with Crippen LogP contribution in [0.1, 0.15) is 58.6 Å². The van der Waals surface area contributed by atoms with Crippen LogP contribution >= 0.6 is 0 Å². The first-order chi connectivity index (χ1) is 13.1. The lowest BCUT2D eigenvalue weighted by Gasteiger charge is -2.35. The molecule has 140 valence electrons. The van der Waals surface area contributed by atoms with Gasteiger partial charge in [0.1, 0.15) is 0 Å². The van der Waals surface area contributed by atoms with Crippen LogP contribution < -0.4 is 0 Å². The van der Waals surface area contributed by atoms with Gasteiger partial charge in [0.25, 0.3) is 0 Å². The van der Waals surface area contributed by atoms with Crippen molar-refractivity contribution in [3.05, 3.63) is 70.8 Å². The van der Waals surface area contributed by atoms with E-state index in [2.05, 4.69) is 24.3 Å². The number of amides is 1. The Labute approximate surface area is 159 Å². The van der Waals surface area contributed by atoms with Crippen LogP contribution in [0, 0.1) is 5.92 Å². The van der Waals surface area contributed by atoms with E-state index in [0.29, 0.717) is 18.0 Å². The highest BCUT2D eigenvalue weighted by atomic mass is 16.4. The standard InChI is InChI=1S/C23H25NO3/c25-22(19-9-6-17(7-10-19)16-4-2-1-3-5-16)24-13-12-18-8-11-20(23(26)27)14-21(18)15-24/h1-5,8,11,14,17,19H,6-7,9-10,12-13,15H2,(H,26,27). The highest BCUT2D eigenvalue weighted by Gasteiger charge is 2.31. The number of nitrogens with zero attached hydrogens (tertiary/aromatic N) is 1. The summed E-state index contributed by atoms with van der Waals surface area (Å²) in [4.78, 5) is 26.2. The van der Waals surface area contributed by atoms with E-state index >= 15 is 0 Å². The fourth-order valence-corrected chi connectivity index (χ4v) is 4.54. The van der Waals surface area contributed by atoms with E-state index in [1.807, 2.05) is 17.0 Å². The number of carboxylic acids is 1. The number of fused-ring (bicyclic) bond motifs is 1. The predicted octanol–water partition coefficient (Wildman–Crippen LogP) is 4.24.